The zero-order valence-corrected chi connectivity index (χ0v) is 17.9. The van der Waals surface area contributed by atoms with Crippen molar-refractivity contribution in [3.63, 3.8) is 0 Å². The number of hydrogen-bond donors (Lipinski definition) is 1. The van der Waals surface area contributed by atoms with Crippen molar-refractivity contribution in [1.82, 2.24) is 15.1 Å². The van der Waals surface area contributed by atoms with E-state index in [2.05, 4.69) is 10.3 Å². The smallest absolute Gasteiger partial charge is 0.243 e. The van der Waals surface area contributed by atoms with Gasteiger partial charge in [-0.1, -0.05) is 0 Å². The number of carbonyl (C=O) groups is 1. The molecule has 0 aliphatic rings. The van der Waals surface area contributed by atoms with Crippen LogP contribution in [0.15, 0.2) is 23.2 Å². The van der Waals surface area contributed by atoms with Gasteiger partial charge in [0.2, 0.25) is 5.91 Å². The Hall–Kier alpha value is -2.48. The topological polar surface area (TPSA) is 75.6 Å². The summed E-state index contributed by atoms with van der Waals surface area (Å²) in [5.74, 6) is 2.09. The Balaban J connectivity index is 2.86. The Morgan fingerprint density at radius 1 is 1.18 bits per heavy atom. The lowest BCUT2D eigenvalue weighted by Crippen LogP contribution is -2.40. The molecule has 28 heavy (non-hydrogen) atoms. The molecule has 1 amide bonds. The van der Waals surface area contributed by atoms with Gasteiger partial charge in [-0.05, 0) is 25.5 Å². The third-order valence-electron chi connectivity index (χ3n) is 4.08. The number of carbonyl (C=O) groups excluding carboxylic acids is 1. The average Bonchev–Trinajstić information content (AvgIpc) is 2.69. The Kier molecular flexibility index (Phi) is 10.8. The Morgan fingerprint density at radius 3 is 2.54 bits per heavy atom. The van der Waals surface area contributed by atoms with Crippen molar-refractivity contribution < 1.29 is 19.0 Å². The summed E-state index contributed by atoms with van der Waals surface area (Å²) in [5, 5.41) is 3.31. The van der Waals surface area contributed by atoms with Crippen LogP contribution in [0.4, 0.5) is 0 Å². The van der Waals surface area contributed by atoms with E-state index < -0.39 is 0 Å². The first-order valence-corrected chi connectivity index (χ1v) is 9.41. The minimum atomic E-state index is -0.0518. The van der Waals surface area contributed by atoms with Gasteiger partial charge in [-0.3, -0.25) is 4.79 Å². The Labute approximate surface area is 168 Å². The maximum absolute atomic E-state index is 11.9. The molecule has 1 N–H and O–H groups in total. The largest absolute Gasteiger partial charge is 0.497 e. The Bertz CT molecular complexity index is 635. The van der Waals surface area contributed by atoms with E-state index in [0.29, 0.717) is 32.3 Å². The number of hydrogen-bond acceptors (Lipinski definition) is 5. The molecule has 1 aromatic rings. The summed E-state index contributed by atoms with van der Waals surface area (Å²) in [6, 6.07) is 5.71. The van der Waals surface area contributed by atoms with Crippen LogP contribution < -0.4 is 14.8 Å². The lowest BCUT2D eigenvalue weighted by molar-refractivity contribution is -0.127. The second-order valence-electron chi connectivity index (χ2n) is 6.44. The van der Waals surface area contributed by atoms with Crippen molar-refractivity contribution in [2.75, 3.05) is 61.7 Å². The van der Waals surface area contributed by atoms with Crippen LogP contribution in [-0.2, 0) is 16.1 Å². The summed E-state index contributed by atoms with van der Waals surface area (Å²) in [7, 11) is 8.63. The molecule has 0 radical (unpaired) electrons. The molecular weight excluding hydrogens is 360 g/mol. The minimum absolute atomic E-state index is 0.0518. The van der Waals surface area contributed by atoms with Gasteiger partial charge in [-0.15, -0.1) is 0 Å². The molecule has 0 aromatic heterocycles. The van der Waals surface area contributed by atoms with Gasteiger partial charge in [0.15, 0.2) is 5.96 Å². The third-order valence-corrected chi connectivity index (χ3v) is 4.08. The SMILES string of the molecule is CCOCCCNC(=NCC(=O)N(C)C)N(C)Cc1ccc(OC)cc1OC. The Morgan fingerprint density at radius 2 is 1.93 bits per heavy atom. The van der Waals surface area contributed by atoms with Gasteiger partial charge in [-0.2, -0.15) is 0 Å². The van der Waals surface area contributed by atoms with Crippen molar-refractivity contribution in [3.05, 3.63) is 23.8 Å². The van der Waals surface area contributed by atoms with Crippen LogP contribution in [0.5, 0.6) is 11.5 Å². The molecule has 0 bridgehead atoms. The van der Waals surface area contributed by atoms with E-state index in [9.17, 15) is 4.79 Å². The van der Waals surface area contributed by atoms with Crippen LogP contribution in [0.1, 0.15) is 18.9 Å². The van der Waals surface area contributed by atoms with Crippen molar-refractivity contribution in [3.8, 4) is 11.5 Å². The van der Waals surface area contributed by atoms with E-state index in [1.165, 1.54) is 4.90 Å². The van der Waals surface area contributed by atoms with Crippen LogP contribution >= 0.6 is 0 Å². The number of likely N-dealkylation sites (N-methyl/N-ethyl adjacent to an activating group) is 1. The van der Waals surface area contributed by atoms with Gasteiger partial charge >= 0.3 is 0 Å². The second kappa shape index (κ2) is 12.8. The molecule has 8 nitrogen and oxygen atoms in total. The molecule has 1 aromatic carbocycles. The van der Waals surface area contributed by atoms with Gasteiger partial charge in [0.05, 0.1) is 14.2 Å². The van der Waals surface area contributed by atoms with Crippen molar-refractivity contribution in [1.29, 1.82) is 0 Å². The second-order valence-corrected chi connectivity index (χ2v) is 6.44. The molecule has 0 spiro atoms. The monoisotopic (exact) mass is 394 g/mol. The molecule has 0 aliphatic heterocycles. The van der Waals surface area contributed by atoms with Crippen LogP contribution in [0.25, 0.3) is 0 Å². The summed E-state index contributed by atoms with van der Waals surface area (Å²) in [6.07, 6.45) is 0.855. The van der Waals surface area contributed by atoms with Gasteiger partial charge in [0.1, 0.15) is 18.0 Å². The summed E-state index contributed by atoms with van der Waals surface area (Å²) >= 11 is 0. The summed E-state index contributed by atoms with van der Waals surface area (Å²) < 4.78 is 16.1. The predicted molar refractivity (Wildman–Crippen MR) is 111 cm³/mol. The number of rotatable bonds is 11. The first-order valence-electron chi connectivity index (χ1n) is 9.41. The zero-order valence-electron chi connectivity index (χ0n) is 17.9. The first-order chi connectivity index (χ1) is 13.4. The highest BCUT2D eigenvalue weighted by molar-refractivity contribution is 5.84. The molecule has 1 rings (SSSR count). The molecule has 0 atom stereocenters. The van der Waals surface area contributed by atoms with Crippen LogP contribution in [-0.4, -0.2) is 83.3 Å². The van der Waals surface area contributed by atoms with E-state index in [-0.39, 0.29) is 12.5 Å². The van der Waals surface area contributed by atoms with Gasteiger partial charge < -0.3 is 29.3 Å². The van der Waals surface area contributed by atoms with E-state index in [4.69, 9.17) is 14.2 Å². The molecule has 8 heteroatoms. The number of nitrogens with one attached hydrogen (secondary N) is 1. The molecule has 0 unspecified atom stereocenters. The van der Waals surface area contributed by atoms with Gasteiger partial charge in [0.25, 0.3) is 0 Å². The lowest BCUT2D eigenvalue weighted by atomic mass is 10.2. The number of amides is 1. The molecular formula is C20H34N4O4. The quantitative estimate of drug-likeness (QED) is 0.349. The van der Waals surface area contributed by atoms with Gasteiger partial charge in [-0.25, -0.2) is 4.99 Å². The molecule has 0 heterocycles. The third kappa shape index (κ3) is 8.04. The fourth-order valence-electron chi connectivity index (χ4n) is 2.43. The van der Waals surface area contributed by atoms with Crippen LogP contribution in [0.2, 0.25) is 0 Å². The fraction of sp³-hybridized carbons (Fsp3) is 0.600. The number of ether oxygens (including phenoxy) is 3. The average molecular weight is 395 g/mol. The number of benzene rings is 1. The molecule has 0 saturated carbocycles. The van der Waals surface area contributed by atoms with E-state index in [1.807, 2.05) is 37.1 Å². The molecule has 158 valence electrons. The van der Waals surface area contributed by atoms with E-state index in [0.717, 1.165) is 23.5 Å². The normalized spacial score (nSPS) is 11.1. The summed E-state index contributed by atoms with van der Waals surface area (Å²) in [6.45, 7) is 4.73. The number of aliphatic imine (C=N–C) groups is 1. The van der Waals surface area contributed by atoms with E-state index >= 15 is 0 Å². The zero-order chi connectivity index (χ0) is 20.9. The number of methoxy groups -OCH3 is 2. The highest BCUT2D eigenvalue weighted by atomic mass is 16.5. The highest BCUT2D eigenvalue weighted by Gasteiger charge is 2.13. The van der Waals surface area contributed by atoms with Crippen LogP contribution in [0, 0.1) is 0 Å². The lowest BCUT2D eigenvalue weighted by Gasteiger charge is -2.24. The maximum atomic E-state index is 11.9. The highest BCUT2D eigenvalue weighted by Crippen LogP contribution is 2.25. The number of nitrogens with zero attached hydrogens (tertiary/aromatic N) is 3. The van der Waals surface area contributed by atoms with Gasteiger partial charge in [0, 0.05) is 59.1 Å². The van der Waals surface area contributed by atoms with Crippen molar-refractivity contribution in [2.24, 2.45) is 4.99 Å². The number of guanidine groups is 1. The van der Waals surface area contributed by atoms with E-state index in [1.54, 1.807) is 28.3 Å². The van der Waals surface area contributed by atoms with Crippen molar-refractivity contribution >= 4 is 11.9 Å². The summed E-state index contributed by atoms with van der Waals surface area (Å²) in [4.78, 5) is 19.9. The minimum Gasteiger partial charge on any atom is -0.497 e. The van der Waals surface area contributed by atoms with Crippen molar-refractivity contribution in [2.45, 2.75) is 19.9 Å². The van der Waals surface area contributed by atoms with Crippen LogP contribution in [0.3, 0.4) is 0 Å². The molecule has 0 saturated heterocycles. The first kappa shape index (κ1) is 23.6. The molecule has 0 fully saturated rings. The predicted octanol–water partition coefficient (Wildman–Crippen LogP) is 1.60. The maximum Gasteiger partial charge on any atom is 0.243 e. The summed E-state index contributed by atoms with van der Waals surface area (Å²) in [5.41, 5.74) is 0.994. The fourth-order valence-corrected chi connectivity index (χ4v) is 2.43. The molecule has 0 aliphatic carbocycles. The standard InChI is InChI=1S/C20H34N4O4/c1-7-28-12-8-11-21-20(22-14-19(25)23(2)3)24(4)15-16-9-10-17(26-5)13-18(16)27-6/h9-10,13H,7-8,11-12,14-15H2,1-6H3,(H,21,22).